The molecule has 0 fully saturated rings. The molecule has 0 aliphatic heterocycles. The molecule has 3 rings (SSSR count). The summed E-state index contributed by atoms with van der Waals surface area (Å²) in [6, 6.07) is 10.5. The van der Waals surface area contributed by atoms with E-state index < -0.39 is 0 Å². The lowest BCUT2D eigenvalue weighted by Gasteiger charge is -2.10. The standard InChI is InChI=1S/C17H18N4S/c1-13-3-4-16(14(2)11-13)21-12-19-20-17(21)22-10-7-15-5-8-18-9-6-15/h3-6,8-9,11-12H,7,10H2,1-2H3. The fraction of sp³-hybridized carbons (Fsp3) is 0.235. The van der Waals surface area contributed by atoms with E-state index in [1.54, 1.807) is 18.1 Å². The van der Waals surface area contributed by atoms with E-state index in [0.717, 1.165) is 23.0 Å². The normalized spacial score (nSPS) is 10.8. The number of hydrogen-bond acceptors (Lipinski definition) is 4. The fourth-order valence-corrected chi connectivity index (χ4v) is 3.28. The van der Waals surface area contributed by atoms with Gasteiger partial charge in [-0.25, -0.2) is 0 Å². The summed E-state index contributed by atoms with van der Waals surface area (Å²) in [6.45, 7) is 4.22. The molecule has 0 atom stereocenters. The molecule has 112 valence electrons. The zero-order valence-corrected chi connectivity index (χ0v) is 13.5. The van der Waals surface area contributed by atoms with Gasteiger partial charge in [0.1, 0.15) is 6.33 Å². The van der Waals surface area contributed by atoms with Crippen LogP contribution in [0, 0.1) is 13.8 Å². The van der Waals surface area contributed by atoms with Crippen molar-refractivity contribution in [3.8, 4) is 5.69 Å². The summed E-state index contributed by atoms with van der Waals surface area (Å²) in [5.74, 6) is 0.966. The molecule has 0 amide bonds. The molecule has 2 aromatic heterocycles. The maximum atomic E-state index is 4.25. The zero-order valence-electron chi connectivity index (χ0n) is 12.7. The Morgan fingerprint density at radius 1 is 1.09 bits per heavy atom. The van der Waals surface area contributed by atoms with E-state index >= 15 is 0 Å². The summed E-state index contributed by atoms with van der Waals surface area (Å²) in [7, 11) is 0. The Bertz CT molecular complexity index is 752. The molecule has 22 heavy (non-hydrogen) atoms. The number of thioether (sulfide) groups is 1. The minimum absolute atomic E-state index is 0.931. The van der Waals surface area contributed by atoms with Gasteiger partial charge in [0, 0.05) is 18.1 Å². The molecule has 0 saturated carbocycles. The molecule has 4 nitrogen and oxygen atoms in total. The van der Waals surface area contributed by atoms with Gasteiger partial charge >= 0.3 is 0 Å². The third kappa shape index (κ3) is 3.36. The Hall–Kier alpha value is -2.14. The highest BCUT2D eigenvalue weighted by Crippen LogP contribution is 2.23. The second kappa shape index (κ2) is 6.75. The number of pyridine rings is 1. The largest absolute Gasteiger partial charge is 0.276 e. The highest BCUT2D eigenvalue weighted by atomic mass is 32.2. The van der Waals surface area contributed by atoms with Crippen molar-refractivity contribution < 1.29 is 0 Å². The van der Waals surface area contributed by atoms with E-state index in [4.69, 9.17) is 0 Å². The minimum atomic E-state index is 0.931. The summed E-state index contributed by atoms with van der Waals surface area (Å²) >= 11 is 1.73. The molecule has 0 N–H and O–H groups in total. The van der Waals surface area contributed by atoms with Gasteiger partial charge in [0.2, 0.25) is 0 Å². The quantitative estimate of drug-likeness (QED) is 0.675. The minimum Gasteiger partial charge on any atom is -0.276 e. The highest BCUT2D eigenvalue weighted by Gasteiger charge is 2.09. The Kier molecular flexibility index (Phi) is 4.53. The van der Waals surface area contributed by atoms with Crippen molar-refractivity contribution in [2.24, 2.45) is 0 Å². The molecule has 3 aromatic rings. The summed E-state index contributed by atoms with van der Waals surface area (Å²) in [4.78, 5) is 4.04. The monoisotopic (exact) mass is 310 g/mol. The molecule has 1 aromatic carbocycles. The van der Waals surface area contributed by atoms with E-state index in [9.17, 15) is 0 Å². The van der Waals surface area contributed by atoms with Crippen LogP contribution in [0.3, 0.4) is 0 Å². The van der Waals surface area contributed by atoms with Gasteiger partial charge in [-0.15, -0.1) is 10.2 Å². The van der Waals surface area contributed by atoms with Crippen LogP contribution in [0.5, 0.6) is 0 Å². The predicted octanol–water partition coefficient (Wildman–Crippen LogP) is 3.61. The average molecular weight is 310 g/mol. The van der Waals surface area contributed by atoms with E-state index in [1.807, 2.05) is 12.4 Å². The number of aromatic nitrogens is 4. The van der Waals surface area contributed by atoms with Gasteiger partial charge in [-0.05, 0) is 49.6 Å². The third-order valence-electron chi connectivity index (χ3n) is 3.50. The molecule has 0 saturated heterocycles. The Labute approximate surface area is 134 Å². The van der Waals surface area contributed by atoms with E-state index in [1.165, 1.54) is 16.7 Å². The van der Waals surface area contributed by atoms with Crippen molar-refractivity contribution in [2.75, 3.05) is 5.75 Å². The molecule has 2 heterocycles. The maximum absolute atomic E-state index is 4.25. The van der Waals surface area contributed by atoms with Gasteiger partial charge in [-0.2, -0.15) is 0 Å². The molecule has 0 aliphatic rings. The van der Waals surface area contributed by atoms with Gasteiger partial charge in [0.05, 0.1) is 5.69 Å². The van der Waals surface area contributed by atoms with Crippen LogP contribution in [0.1, 0.15) is 16.7 Å². The number of hydrogen-bond donors (Lipinski definition) is 0. The smallest absolute Gasteiger partial charge is 0.195 e. The summed E-state index contributed by atoms with van der Waals surface area (Å²) < 4.78 is 2.06. The maximum Gasteiger partial charge on any atom is 0.195 e. The van der Waals surface area contributed by atoms with Crippen LogP contribution < -0.4 is 0 Å². The number of nitrogens with zero attached hydrogens (tertiary/aromatic N) is 4. The first-order valence-corrected chi connectivity index (χ1v) is 8.22. The van der Waals surface area contributed by atoms with Crippen LogP contribution in [-0.4, -0.2) is 25.5 Å². The zero-order chi connectivity index (χ0) is 15.4. The molecule has 0 radical (unpaired) electrons. The van der Waals surface area contributed by atoms with E-state index in [-0.39, 0.29) is 0 Å². The third-order valence-corrected chi connectivity index (χ3v) is 4.44. The lowest BCUT2D eigenvalue weighted by Crippen LogP contribution is -1.99. The Balaban J connectivity index is 1.72. The van der Waals surface area contributed by atoms with Crippen molar-refractivity contribution in [3.05, 3.63) is 65.7 Å². The van der Waals surface area contributed by atoms with Gasteiger partial charge < -0.3 is 0 Å². The lowest BCUT2D eigenvalue weighted by atomic mass is 10.1. The summed E-state index contributed by atoms with van der Waals surface area (Å²) in [6.07, 6.45) is 6.44. The van der Waals surface area contributed by atoms with Crippen LogP contribution in [0.4, 0.5) is 0 Å². The lowest BCUT2D eigenvalue weighted by molar-refractivity contribution is 0.876. The molecule has 0 aliphatic carbocycles. The molecule has 0 bridgehead atoms. The second-order valence-electron chi connectivity index (χ2n) is 5.23. The van der Waals surface area contributed by atoms with Gasteiger partial charge in [0.15, 0.2) is 5.16 Å². The second-order valence-corrected chi connectivity index (χ2v) is 6.29. The topological polar surface area (TPSA) is 43.6 Å². The molecule has 0 unspecified atom stereocenters. The fourth-order valence-electron chi connectivity index (χ4n) is 2.37. The van der Waals surface area contributed by atoms with Crippen LogP contribution in [0.2, 0.25) is 0 Å². The van der Waals surface area contributed by atoms with Crippen LogP contribution in [0.15, 0.2) is 54.2 Å². The molecular weight excluding hydrogens is 292 g/mol. The van der Waals surface area contributed by atoms with Crippen LogP contribution >= 0.6 is 11.8 Å². The van der Waals surface area contributed by atoms with Crippen LogP contribution in [-0.2, 0) is 6.42 Å². The van der Waals surface area contributed by atoms with Crippen molar-refractivity contribution in [2.45, 2.75) is 25.4 Å². The summed E-state index contributed by atoms with van der Waals surface area (Å²) in [5, 5.41) is 9.25. The number of benzene rings is 1. The highest BCUT2D eigenvalue weighted by molar-refractivity contribution is 7.99. The first kappa shape index (κ1) is 14.8. The SMILES string of the molecule is Cc1ccc(-n2cnnc2SCCc2ccncc2)c(C)c1. The Morgan fingerprint density at radius 2 is 1.91 bits per heavy atom. The van der Waals surface area contributed by atoms with Crippen molar-refractivity contribution in [1.82, 2.24) is 19.7 Å². The predicted molar refractivity (Wildman–Crippen MR) is 89.5 cm³/mol. The first-order valence-electron chi connectivity index (χ1n) is 7.23. The number of aryl methyl sites for hydroxylation is 3. The van der Waals surface area contributed by atoms with Gasteiger partial charge in [0.25, 0.3) is 0 Å². The molecular formula is C17H18N4S. The van der Waals surface area contributed by atoms with Crippen molar-refractivity contribution >= 4 is 11.8 Å². The number of rotatable bonds is 5. The summed E-state index contributed by atoms with van der Waals surface area (Å²) in [5.41, 5.74) is 4.93. The van der Waals surface area contributed by atoms with E-state index in [0.29, 0.717) is 0 Å². The molecule has 5 heteroatoms. The van der Waals surface area contributed by atoms with Crippen molar-refractivity contribution in [1.29, 1.82) is 0 Å². The van der Waals surface area contributed by atoms with Gasteiger partial charge in [-0.1, -0.05) is 29.5 Å². The molecule has 0 spiro atoms. The van der Waals surface area contributed by atoms with Crippen LogP contribution in [0.25, 0.3) is 5.69 Å². The van der Waals surface area contributed by atoms with E-state index in [2.05, 4.69) is 63.9 Å². The van der Waals surface area contributed by atoms with Gasteiger partial charge in [-0.3, -0.25) is 9.55 Å². The first-order chi connectivity index (χ1) is 10.7. The van der Waals surface area contributed by atoms with Crippen molar-refractivity contribution in [3.63, 3.8) is 0 Å². The Morgan fingerprint density at radius 3 is 2.68 bits per heavy atom. The average Bonchev–Trinajstić information content (AvgIpc) is 2.97.